The third-order valence-electron chi connectivity index (χ3n) is 4.69. The lowest BCUT2D eigenvalue weighted by atomic mass is 10.1. The van der Waals surface area contributed by atoms with Gasteiger partial charge in [-0.2, -0.15) is 0 Å². The maximum atomic E-state index is 12.2. The molecule has 2 aromatic rings. The van der Waals surface area contributed by atoms with E-state index in [9.17, 15) is 18.3 Å². The average molecular weight is 390 g/mol. The second-order valence-electron chi connectivity index (χ2n) is 6.77. The molecule has 1 aliphatic heterocycles. The number of carboxylic acids is 1. The monoisotopic (exact) mass is 390 g/mol. The van der Waals surface area contributed by atoms with E-state index in [1.165, 1.54) is 6.07 Å². The Morgan fingerprint density at radius 2 is 1.93 bits per heavy atom. The van der Waals surface area contributed by atoms with Gasteiger partial charge in [0.25, 0.3) is 0 Å². The van der Waals surface area contributed by atoms with Crippen LogP contribution in [0.5, 0.6) is 11.5 Å². The Bertz CT molecular complexity index is 970. The minimum Gasteiger partial charge on any atom is -0.478 e. The van der Waals surface area contributed by atoms with Gasteiger partial charge < -0.3 is 14.7 Å². The Morgan fingerprint density at radius 3 is 2.44 bits per heavy atom. The van der Waals surface area contributed by atoms with Gasteiger partial charge >= 0.3 is 5.97 Å². The van der Waals surface area contributed by atoms with E-state index >= 15 is 0 Å². The van der Waals surface area contributed by atoms with Crippen LogP contribution >= 0.6 is 0 Å². The molecule has 27 heavy (non-hydrogen) atoms. The van der Waals surface area contributed by atoms with Gasteiger partial charge in [-0.1, -0.05) is 17.7 Å². The average Bonchev–Trinajstić information content (AvgIpc) is 3.01. The predicted octanol–water partition coefficient (Wildman–Crippen LogP) is 3.12. The zero-order valence-corrected chi connectivity index (χ0v) is 16.0. The van der Waals surface area contributed by atoms with Gasteiger partial charge in [-0.15, -0.1) is 0 Å². The van der Waals surface area contributed by atoms with E-state index in [1.807, 2.05) is 30.9 Å². The Kier molecular flexibility index (Phi) is 5.12. The first kappa shape index (κ1) is 19.2. The summed E-state index contributed by atoms with van der Waals surface area (Å²) >= 11 is 0. The molecule has 0 aliphatic carbocycles. The van der Waals surface area contributed by atoms with Crippen LogP contribution in [0.1, 0.15) is 35.7 Å². The standard InChI is InChI=1S/C19H22N2O5S/c1-12-5-7-15(8-6-12)26-18-16(21-9-3-4-13(21)2)10-14(19(22)23)11-17(18)27(20,24)25/h5-8,10-11,13H,3-4,9H2,1-2H3,(H,22,23)(H2,20,24,25). The number of anilines is 1. The van der Waals surface area contributed by atoms with Gasteiger partial charge in [-0.25, -0.2) is 18.4 Å². The Hall–Kier alpha value is -2.58. The molecule has 1 fully saturated rings. The van der Waals surface area contributed by atoms with Crippen LogP contribution in [0.3, 0.4) is 0 Å². The van der Waals surface area contributed by atoms with Crippen LogP contribution in [0.4, 0.5) is 5.69 Å². The van der Waals surface area contributed by atoms with Crippen molar-refractivity contribution in [2.24, 2.45) is 5.14 Å². The van der Waals surface area contributed by atoms with Crippen molar-refractivity contribution in [2.75, 3.05) is 11.4 Å². The molecule has 0 aromatic heterocycles. The molecule has 1 saturated heterocycles. The van der Waals surface area contributed by atoms with E-state index in [1.54, 1.807) is 12.1 Å². The van der Waals surface area contributed by atoms with Gasteiger partial charge in [-0.05, 0) is 51.0 Å². The van der Waals surface area contributed by atoms with Crippen LogP contribution < -0.4 is 14.8 Å². The van der Waals surface area contributed by atoms with E-state index in [0.29, 0.717) is 18.0 Å². The molecule has 0 amide bonds. The van der Waals surface area contributed by atoms with Gasteiger partial charge in [0, 0.05) is 12.6 Å². The van der Waals surface area contributed by atoms with Crippen molar-refractivity contribution in [2.45, 2.75) is 37.6 Å². The zero-order chi connectivity index (χ0) is 19.8. The second kappa shape index (κ2) is 7.21. The van der Waals surface area contributed by atoms with Crippen molar-refractivity contribution in [1.82, 2.24) is 0 Å². The molecule has 1 atom stereocenters. The number of aromatic carboxylic acids is 1. The summed E-state index contributed by atoms with van der Waals surface area (Å²) in [7, 11) is -4.20. The van der Waals surface area contributed by atoms with Crippen molar-refractivity contribution in [3.63, 3.8) is 0 Å². The van der Waals surface area contributed by atoms with Crippen molar-refractivity contribution < 1.29 is 23.1 Å². The number of carbonyl (C=O) groups is 1. The first-order chi connectivity index (χ1) is 12.7. The van der Waals surface area contributed by atoms with Crippen LogP contribution in [0.25, 0.3) is 0 Å². The fraction of sp³-hybridized carbons (Fsp3) is 0.316. The third-order valence-corrected chi connectivity index (χ3v) is 5.61. The molecule has 0 spiro atoms. The summed E-state index contributed by atoms with van der Waals surface area (Å²) in [5.41, 5.74) is 1.30. The number of benzene rings is 2. The largest absolute Gasteiger partial charge is 0.478 e. The lowest BCUT2D eigenvalue weighted by molar-refractivity contribution is 0.0696. The van der Waals surface area contributed by atoms with Crippen LogP contribution in [-0.2, 0) is 10.0 Å². The first-order valence-corrected chi connectivity index (χ1v) is 10.2. The van der Waals surface area contributed by atoms with Crippen molar-refractivity contribution in [1.29, 1.82) is 0 Å². The molecule has 3 N–H and O–H groups in total. The molecule has 144 valence electrons. The Balaban J connectivity index is 2.23. The van der Waals surface area contributed by atoms with Gasteiger partial charge in [0.15, 0.2) is 5.75 Å². The second-order valence-corrected chi connectivity index (χ2v) is 8.30. The van der Waals surface area contributed by atoms with Crippen molar-refractivity contribution >= 4 is 21.7 Å². The summed E-state index contributed by atoms with van der Waals surface area (Å²) in [5.74, 6) is -0.725. The number of ether oxygens (including phenoxy) is 1. The van der Waals surface area contributed by atoms with Gasteiger partial charge in [-0.3, -0.25) is 0 Å². The van der Waals surface area contributed by atoms with Gasteiger partial charge in [0.05, 0.1) is 11.3 Å². The molecule has 8 heteroatoms. The number of hydrogen-bond donors (Lipinski definition) is 2. The molecule has 2 aromatic carbocycles. The highest BCUT2D eigenvalue weighted by molar-refractivity contribution is 7.89. The highest BCUT2D eigenvalue weighted by Gasteiger charge is 2.30. The molecule has 0 radical (unpaired) electrons. The number of primary sulfonamides is 1. The molecule has 0 saturated carbocycles. The lowest BCUT2D eigenvalue weighted by Gasteiger charge is -2.27. The summed E-state index contributed by atoms with van der Waals surface area (Å²) in [6, 6.07) is 9.76. The Morgan fingerprint density at radius 1 is 1.26 bits per heavy atom. The maximum absolute atomic E-state index is 12.2. The molecule has 7 nitrogen and oxygen atoms in total. The van der Waals surface area contributed by atoms with Crippen LogP contribution in [0.2, 0.25) is 0 Å². The minimum absolute atomic E-state index is 0.0557. The lowest BCUT2D eigenvalue weighted by Crippen LogP contribution is -2.28. The van der Waals surface area contributed by atoms with E-state index in [-0.39, 0.29) is 22.3 Å². The number of nitrogens with zero attached hydrogens (tertiary/aromatic N) is 1. The predicted molar refractivity (Wildman–Crippen MR) is 102 cm³/mol. The highest BCUT2D eigenvalue weighted by Crippen LogP contribution is 2.41. The number of sulfonamides is 1. The minimum atomic E-state index is -4.20. The Labute approximate surface area is 158 Å². The topological polar surface area (TPSA) is 110 Å². The summed E-state index contributed by atoms with van der Waals surface area (Å²) in [6.07, 6.45) is 1.85. The van der Waals surface area contributed by atoms with Gasteiger partial charge in [0.2, 0.25) is 10.0 Å². The van der Waals surface area contributed by atoms with Crippen LogP contribution in [0.15, 0.2) is 41.3 Å². The van der Waals surface area contributed by atoms with Crippen molar-refractivity contribution in [3.05, 3.63) is 47.5 Å². The maximum Gasteiger partial charge on any atom is 0.335 e. The first-order valence-electron chi connectivity index (χ1n) is 8.62. The summed E-state index contributed by atoms with van der Waals surface area (Å²) < 4.78 is 30.3. The summed E-state index contributed by atoms with van der Waals surface area (Å²) in [4.78, 5) is 13.2. The highest BCUT2D eigenvalue weighted by atomic mass is 32.2. The molecular weight excluding hydrogens is 368 g/mol. The fourth-order valence-electron chi connectivity index (χ4n) is 3.25. The van der Waals surface area contributed by atoms with E-state index in [4.69, 9.17) is 9.88 Å². The normalized spacial score (nSPS) is 17.1. The van der Waals surface area contributed by atoms with Crippen LogP contribution in [0, 0.1) is 6.92 Å². The van der Waals surface area contributed by atoms with E-state index in [0.717, 1.165) is 24.5 Å². The smallest absolute Gasteiger partial charge is 0.335 e. The van der Waals surface area contributed by atoms with Gasteiger partial charge in [0.1, 0.15) is 10.6 Å². The number of carboxylic acid groups (broad SMARTS) is 1. The molecule has 3 rings (SSSR count). The SMILES string of the molecule is Cc1ccc(Oc2c(N3CCCC3C)cc(C(=O)O)cc2S(N)(=O)=O)cc1. The number of rotatable bonds is 5. The zero-order valence-electron chi connectivity index (χ0n) is 15.2. The fourth-order valence-corrected chi connectivity index (χ4v) is 3.95. The molecule has 0 bridgehead atoms. The summed E-state index contributed by atoms with van der Waals surface area (Å²) in [5, 5.41) is 14.8. The summed E-state index contributed by atoms with van der Waals surface area (Å²) in [6.45, 7) is 4.61. The quantitative estimate of drug-likeness (QED) is 0.812. The molecule has 1 unspecified atom stereocenters. The third kappa shape index (κ3) is 4.06. The molecular formula is C19H22N2O5S. The molecule has 1 aliphatic rings. The van der Waals surface area contributed by atoms with Crippen molar-refractivity contribution in [3.8, 4) is 11.5 Å². The molecule has 1 heterocycles. The van der Waals surface area contributed by atoms with Crippen LogP contribution in [-0.4, -0.2) is 32.1 Å². The number of nitrogens with two attached hydrogens (primary N) is 1. The number of aryl methyl sites for hydroxylation is 1. The van der Waals surface area contributed by atoms with E-state index in [2.05, 4.69) is 0 Å². The number of hydrogen-bond acceptors (Lipinski definition) is 5. The van der Waals surface area contributed by atoms with E-state index < -0.39 is 16.0 Å².